The normalized spacial score (nSPS) is 12.0. The van der Waals surface area contributed by atoms with E-state index in [-0.39, 0.29) is 26.6 Å². The summed E-state index contributed by atoms with van der Waals surface area (Å²) in [5, 5.41) is 13.4. The van der Waals surface area contributed by atoms with Crippen LogP contribution in [0.4, 0.5) is 0 Å². The molecule has 0 bridgehead atoms. The molecule has 10 aromatic rings. The number of nitrogens with two attached hydrogens (primary N) is 1. The number of aromatic nitrogens is 2. The van der Waals surface area contributed by atoms with E-state index in [0.717, 1.165) is 16.9 Å². The van der Waals surface area contributed by atoms with E-state index in [1.165, 1.54) is 86.8 Å². The Morgan fingerprint density at radius 1 is 0.471 bits per heavy atom. The number of nitrogens with one attached hydrogen (secondary N) is 1. The van der Waals surface area contributed by atoms with Gasteiger partial charge in [-0.2, -0.15) is 0 Å². The second-order valence-corrected chi connectivity index (χ2v) is 25.4. The van der Waals surface area contributed by atoms with E-state index in [1.54, 1.807) is 0 Å². The Morgan fingerprint density at radius 3 is 1.16 bits per heavy atom. The number of rotatable bonds is 8. The third-order valence-electron chi connectivity index (χ3n) is 12.3. The molecule has 0 radical (unpaired) electrons. The molecular weight excluding hydrogens is 997 g/mol. The van der Waals surface area contributed by atoms with Crippen molar-refractivity contribution in [1.29, 1.82) is 0 Å². The standard InChI is InChI=1S/C48H40P2.C12H17N3.2ClH.Ru/c1-33-13-23-39(24-14-33)49(40-25-15-34(2)16-26-40)45-31-21-37-9-5-7-11-43(37)47(45)48-44-12-8-6-10-38(44)22-32-46(48)50(41-27-17-35(3)18-28-41)42-29-19-36(4)20-30-42;1-12(2,3)10(13)11-14-8-6-4-5-7-9(8)15-11;;;/h5-32H,1-4H3;4-7,10H,13H2,1-3H3,(H,14,15);2*1H;/q;;;;+2/p-2/t;10-;;;/m.1.../s1. The number of aryl methyl sites for hydroxylation is 4. The van der Waals surface area contributed by atoms with Crippen LogP contribution in [-0.2, 0) is 15.1 Å². The van der Waals surface area contributed by atoms with Crippen LogP contribution in [0.5, 0.6) is 0 Å². The van der Waals surface area contributed by atoms with Crippen molar-refractivity contribution in [1.82, 2.24) is 9.97 Å². The fourth-order valence-corrected chi connectivity index (χ4v) is 13.4. The predicted molar refractivity (Wildman–Crippen MR) is 297 cm³/mol. The zero-order valence-electron chi connectivity index (χ0n) is 39.6. The minimum atomic E-state index is -0.885. The first kappa shape index (κ1) is 49.4. The van der Waals surface area contributed by atoms with Gasteiger partial charge in [-0.3, -0.25) is 0 Å². The SMILES string of the molecule is CC(C)(C)[C@H](N)c1nc2ccccc2[nH]1.Cc1ccc(P(c2ccc(C)cc2)c2ccc3ccccc3c2-c2c(P(c3ccc(C)cc3)c3ccc(C)cc3)ccc3ccccc23)cc1.[Cl][Ru][Cl]. The van der Waals surface area contributed by atoms with Crippen molar-refractivity contribution in [2.24, 2.45) is 11.1 Å². The summed E-state index contributed by atoms with van der Waals surface area (Å²) in [4.78, 5) is 7.76. The molecular formula is C60H57Cl2N3P2Ru. The van der Waals surface area contributed by atoms with E-state index in [9.17, 15) is 0 Å². The summed E-state index contributed by atoms with van der Waals surface area (Å²) in [6.07, 6.45) is 0. The fraction of sp³-hybridized carbons (Fsp3) is 0.150. The zero-order valence-corrected chi connectivity index (χ0v) is 44.6. The second kappa shape index (κ2) is 22.2. The predicted octanol–water partition coefficient (Wildman–Crippen LogP) is 14.4. The molecule has 0 spiro atoms. The average Bonchev–Trinajstić information content (AvgIpc) is 3.78. The van der Waals surface area contributed by atoms with Crippen molar-refractivity contribution in [3.8, 4) is 11.1 Å². The van der Waals surface area contributed by atoms with Crippen LogP contribution < -0.4 is 37.6 Å². The van der Waals surface area contributed by atoms with Crippen LogP contribution >= 0.6 is 35.2 Å². The Bertz CT molecular complexity index is 2970. The first-order chi connectivity index (χ1) is 32.8. The molecule has 8 heteroatoms. The van der Waals surface area contributed by atoms with E-state index in [0.29, 0.717) is 0 Å². The van der Waals surface area contributed by atoms with Crippen LogP contribution in [0.3, 0.4) is 0 Å². The number of H-pyrrole nitrogens is 1. The molecule has 0 aliphatic heterocycles. The van der Waals surface area contributed by atoms with Gasteiger partial charge in [0.05, 0.1) is 17.1 Å². The second-order valence-electron chi connectivity index (χ2n) is 18.4. The molecule has 1 atom stereocenters. The van der Waals surface area contributed by atoms with E-state index < -0.39 is 15.8 Å². The number of benzene rings is 9. The van der Waals surface area contributed by atoms with E-state index in [1.807, 2.05) is 24.3 Å². The van der Waals surface area contributed by atoms with Gasteiger partial charge in [0.25, 0.3) is 0 Å². The number of halogens is 2. The summed E-state index contributed by atoms with van der Waals surface area (Å²) in [7, 11) is 7.94. The quantitative estimate of drug-likeness (QED) is 0.118. The van der Waals surface area contributed by atoms with Crippen molar-refractivity contribution in [3.63, 3.8) is 0 Å². The van der Waals surface area contributed by atoms with Gasteiger partial charge in [0.1, 0.15) is 5.82 Å². The summed E-state index contributed by atoms with van der Waals surface area (Å²) in [5.74, 6) is 0.865. The fourth-order valence-electron chi connectivity index (χ4n) is 8.58. The van der Waals surface area contributed by atoms with Gasteiger partial charge in [-0.1, -0.05) is 225 Å². The summed E-state index contributed by atoms with van der Waals surface area (Å²) < 4.78 is 0. The number of fused-ring (bicyclic) bond motifs is 3. The molecule has 0 unspecified atom stereocenters. The monoisotopic (exact) mass is 1050 g/mol. The molecule has 0 aliphatic rings. The third kappa shape index (κ3) is 11.2. The van der Waals surface area contributed by atoms with Crippen LogP contribution in [0, 0.1) is 33.1 Å². The van der Waals surface area contributed by atoms with Gasteiger partial charge in [0.15, 0.2) is 0 Å². The van der Waals surface area contributed by atoms with Crippen molar-refractivity contribution < 1.29 is 15.1 Å². The molecule has 3 nitrogen and oxygen atoms in total. The van der Waals surface area contributed by atoms with Gasteiger partial charge in [-0.25, -0.2) is 4.98 Å². The minimum absolute atomic E-state index is 0.0217. The molecule has 344 valence electrons. The van der Waals surface area contributed by atoms with E-state index in [4.69, 9.17) is 25.1 Å². The Labute approximate surface area is 420 Å². The van der Waals surface area contributed by atoms with Crippen LogP contribution in [0.1, 0.15) is 54.9 Å². The molecule has 1 aromatic heterocycles. The Morgan fingerprint density at radius 2 is 0.809 bits per heavy atom. The summed E-state index contributed by atoms with van der Waals surface area (Å²) in [6, 6.07) is 72.5. The molecule has 10 rings (SSSR count). The van der Waals surface area contributed by atoms with E-state index in [2.05, 4.69) is 228 Å². The number of para-hydroxylation sites is 2. The number of hydrogen-bond donors (Lipinski definition) is 2. The van der Waals surface area contributed by atoms with Crippen LogP contribution in [0.2, 0.25) is 0 Å². The Hall–Kier alpha value is -5.01. The zero-order chi connectivity index (χ0) is 48.0. The average molecular weight is 1050 g/mol. The van der Waals surface area contributed by atoms with Gasteiger partial charge in [0.2, 0.25) is 0 Å². The maximum atomic E-state index is 6.14. The first-order valence-electron chi connectivity index (χ1n) is 22.8. The summed E-state index contributed by atoms with van der Waals surface area (Å²) in [5.41, 5.74) is 16.0. The molecule has 0 saturated heterocycles. The molecule has 0 amide bonds. The molecule has 0 fully saturated rings. The van der Waals surface area contributed by atoms with Crippen molar-refractivity contribution in [2.45, 2.75) is 54.5 Å². The van der Waals surface area contributed by atoms with E-state index >= 15 is 0 Å². The van der Waals surface area contributed by atoms with Crippen molar-refractivity contribution >= 4 is 99.6 Å². The number of aromatic amines is 1. The molecule has 0 saturated carbocycles. The maximum absolute atomic E-state index is 6.14. The van der Waals surface area contributed by atoms with Crippen LogP contribution in [0.25, 0.3) is 43.7 Å². The van der Waals surface area contributed by atoms with Gasteiger partial charge in [-0.05, 0) is 126 Å². The molecule has 0 aliphatic carbocycles. The summed E-state index contributed by atoms with van der Waals surface area (Å²) >= 11 is -0.346. The Kier molecular flexibility index (Phi) is 16.1. The number of imidazole rings is 1. The number of nitrogens with zero attached hydrogens (tertiary/aromatic N) is 1. The third-order valence-corrected chi connectivity index (χ3v) is 17.3. The van der Waals surface area contributed by atoms with Gasteiger partial charge < -0.3 is 10.7 Å². The molecule has 68 heavy (non-hydrogen) atoms. The molecule has 9 aromatic carbocycles. The summed E-state index contributed by atoms with van der Waals surface area (Å²) in [6.45, 7) is 15.1. The molecule has 1 heterocycles. The van der Waals surface area contributed by atoms with Crippen molar-refractivity contribution in [2.75, 3.05) is 0 Å². The van der Waals surface area contributed by atoms with Crippen LogP contribution in [0.15, 0.2) is 194 Å². The van der Waals surface area contributed by atoms with Gasteiger partial charge in [0, 0.05) is 0 Å². The molecule has 3 N–H and O–H groups in total. The number of hydrogen-bond acceptors (Lipinski definition) is 2. The topological polar surface area (TPSA) is 54.7 Å². The first-order valence-corrected chi connectivity index (χ1v) is 30.0. The van der Waals surface area contributed by atoms with Crippen LogP contribution in [-0.4, -0.2) is 9.97 Å². The van der Waals surface area contributed by atoms with Crippen molar-refractivity contribution in [3.05, 3.63) is 222 Å². The van der Waals surface area contributed by atoms with Gasteiger partial charge >= 0.3 is 34.5 Å². The van der Waals surface area contributed by atoms with Gasteiger partial charge in [-0.15, -0.1) is 0 Å². The Balaban J connectivity index is 0.000000292.